The van der Waals surface area contributed by atoms with Crippen molar-refractivity contribution in [3.63, 3.8) is 0 Å². The Bertz CT molecular complexity index is 1020. The van der Waals surface area contributed by atoms with E-state index in [4.69, 9.17) is 14.2 Å². The van der Waals surface area contributed by atoms with Crippen LogP contribution in [0, 0.1) is 18.3 Å². The normalized spacial score (nSPS) is 11.4. The summed E-state index contributed by atoms with van der Waals surface area (Å²) in [4.78, 5) is 11.5. The summed E-state index contributed by atoms with van der Waals surface area (Å²) in [7, 11) is -1.53. The van der Waals surface area contributed by atoms with Gasteiger partial charge in [0, 0.05) is 0 Å². The van der Waals surface area contributed by atoms with E-state index in [0.29, 0.717) is 5.56 Å². The molecule has 0 unspecified atom stereocenters. The maximum atomic E-state index is 12.4. The van der Waals surface area contributed by atoms with Gasteiger partial charge in [-0.15, -0.1) is 0 Å². The maximum Gasteiger partial charge on any atom is 0.348 e. The molecule has 0 atom stereocenters. The first-order chi connectivity index (χ1) is 12.8. The van der Waals surface area contributed by atoms with E-state index in [0.717, 1.165) is 5.56 Å². The number of ether oxygens (including phenoxy) is 2. The largest absolute Gasteiger partial charge is 0.493 e. The predicted octanol–water partition coefficient (Wildman–Crippen LogP) is 2.85. The third-order valence-electron chi connectivity index (χ3n) is 3.53. The Balaban J connectivity index is 2.37. The van der Waals surface area contributed by atoms with Crippen LogP contribution in [0.15, 0.2) is 52.9 Å². The zero-order valence-corrected chi connectivity index (χ0v) is 15.7. The molecule has 8 heteroatoms. The number of nitriles is 1. The number of hydrogen-bond donors (Lipinski definition) is 0. The molecule has 0 saturated heterocycles. The minimum absolute atomic E-state index is 0.0107. The van der Waals surface area contributed by atoms with Gasteiger partial charge >= 0.3 is 16.1 Å². The highest BCUT2D eigenvalue weighted by Gasteiger charge is 2.19. The van der Waals surface area contributed by atoms with Crippen molar-refractivity contribution in [1.29, 1.82) is 5.26 Å². The summed E-state index contributed by atoms with van der Waals surface area (Å²) in [5.74, 6) is -0.674. The molecule has 0 bridgehead atoms. The zero-order valence-electron chi connectivity index (χ0n) is 14.9. The van der Waals surface area contributed by atoms with Crippen LogP contribution in [0.5, 0.6) is 11.5 Å². The van der Waals surface area contributed by atoms with E-state index in [1.807, 2.05) is 6.92 Å². The van der Waals surface area contributed by atoms with Crippen molar-refractivity contribution < 1.29 is 26.9 Å². The predicted molar refractivity (Wildman–Crippen MR) is 97.6 cm³/mol. The highest BCUT2D eigenvalue weighted by atomic mass is 32.2. The molecular weight excluding hydrogens is 370 g/mol. The Morgan fingerprint density at radius 2 is 1.74 bits per heavy atom. The number of rotatable bonds is 6. The van der Waals surface area contributed by atoms with Gasteiger partial charge in [-0.25, -0.2) is 4.79 Å². The highest BCUT2D eigenvalue weighted by molar-refractivity contribution is 7.87. The number of aryl methyl sites for hydroxylation is 1. The van der Waals surface area contributed by atoms with Crippen molar-refractivity contribution >= 4 is 22.2 Å². The van der Waals surface area contributed by atoms with Crippen LogP contribution in [0.25, 0.3) is 6.08 Å². The summed E-state index contributed by atoms with van der Waals surface area (Å²) in [6, 6.07) is 12.3. The lowest BCUT2D eigenvalue weighted by Crippen LogP contribution is -2.10. The summed E-state index contributed by atoms with van der Waals surface area (Å²) >= 11 is 0. The third kappa shape index (κ3) is 4.86. The number of esters is 1. The second-order valence-corrected chi connectivity index (χ2v) is 6.97. The molecule has 0 amide bonds. The quantitative estimate of drug-likeness (QED) is 0.325. The molecule has 0 heterocycles. The molecule has 2 rings (SSSR count). The minimum Gasteiger partial charge on any atom is -0.493 e. The van der Waals surface area contributed by atoms with Gasteiger partial charge in [0.15, 0.2) is 11.5 Å². The molecule has 0 fully saturated rings. The second-order valence-electron chi connectivity index (χ2n) is 5.42. The Hall–Kier alpha value is -3.31. The molecule has 0 radical (unpaired) electrons. The molecule has 140 valence electrons. The molecule has 0 saturated carbocycles. The molecule has 2 aromatic carbocycles. The maximum absolute atomic E-state index is 12.4. The molecule has 0 N–H and O–H groups in total. The number of carbonyl (C=O) groups excluding carboxylic acids is 1. The molecule has 0 aromatic heterocycles. The highest BCUT2D eigenvalue weighted by Crippen LogP contribution is 2.31. The lowest BCUT2D eigenvalue weighted by atomic mass is 10.1. The zero-order chi connectivity index (χ0) is 20.0. The van der Waals surface area contributed by atoms with Gasteiger partial charge in [0.05, 0.1) is 14.2 Å². The molecule has 0 aliphatic heterocycles. The Labute approximate surface area is 157 Å². The van der Waals surface area contributed by atoms with Gasteiger partial charge in [-0.1, -0.05) is 23.8 Å². The van der Waals surface area contributed by atoms with Crippen molar-refractivity contribution in [2.45, 2.75) is 11.8 Å². The average Bonchev–Trinajstić information content (AvgIpc) is 2.66. The van der Waals surface area contributed by atoms with Gasteiger partial charge < -0.3 is 13.7 Å². The van der Waals surface area contributed by atoms with Gasteiger partial charge in [0.1, 0.15) is 16.5 Å². The summed E-state index contributed by atoms with van der Waals surface area (Å²) in [5.41, 5.74) is 1.15. The average molecular weight is 387 g/mol. The standard InChI is InChI=1S/C19H17NO6S/c1-13-4-7-16(8-5-13)27(22,23)26-17-9-6-14(11-18(17)24-2)10-15(12-20)19(21)25-3/h4-11H,1-3H3/b15-10+. The SMILES string of the molecule is COC(=O)/C(C#N)=C/c1ccc(OS(=O)(=O)c2ccc(C)cc2)c(OC)c1. The van der Waals surface area contributed by atoms with E-state index in [1.54, 1.807) is 18.2 Å². The van der Waals surface area contributed by atoms with Gasteiger partial charge in [0.25, 0.3) is 0 Å². The Kier molecular flexibility index (Phi) is 6.21. The summed E-state index contributed by atoms with van der Waals surface area (Å²) in [6.07, 6.45) is 1.30. The molecule has 2 aromatic rings. The van der Waals surface area contributed by atoms with E-state index in [2.05, 4.69) is 4.74 Å². The number of carbonyl (C=O) groups is 1. The van der Waals surface area contributed by atoms with Gasteiger partial charge in [-0.05, 0) is 42.8 Å². The Morgan fingerprint density at radius 1 is 1.07 bits per heavy atom. The molecule has 7 nitrogen and oxygen atoms in total. The van der Waals surface area contributed by atoms with Gasteiger partial charge in [-0.3, -0.25) is 0 Å². The van der Waals surface area contributed by atoms with E-state index in [9.17, 15) is 13.2 Å². The van der Waals surface area contributed by atoms with E-state index in [-0.39, 0.29) is 22.0 Å². The Morgan fingerprint density at radius 3 is 2.30 bits per heavy atom. The first-order valence-electron chi connectivity index (χ1n) is 7.70. The smallest absolute Gasteiger partial charge is 0.348 e. The summed E-state index contributed by atoms with van der Waals surface area (Å²) in [6.45, 7) is 1.84. The molecule has 27 heavy (non-hydrogen) atoms. The molecule has 0 aliphatic carbocycles. The second kappa shape index (κ2) is 8.38. The lowest BCUT2D eigenvalue weighted by molar-refractivity contribution is -0.135. The summed E-state index contributed by atoms with van der Waals surface area (Å²) < 4.78 is 39.7. The molecule has 0 aliphatic rings. The fourth-order valence-electron chi connectivity index (χ4n) is 2.13. The van der Waals surface area contributed by atoms with Crippen LogP contribution < -0.4 is 8.92 Å². The van der Waals surface area contributed by atoms with Crippen molar-refractivity contribution in [1.82, 2.24) is 0 Å². The minimum atomic E-state index is -4.04. The molecule has 0 spiro atoms. The summed E-state index contributed by atoms with van der Waals surface area (Å²) in [5, 5.41) is 9.01. The van der Waals surface area contributed by atoms with E-state index >= 15 is 0 Å². The van der Waals surface area contributed by atoms with E-state index < -0.39 is 16.1 Å². The van der Waals surface area contributed by atoms with Gasteiger partial charge in [-0.2, -0.15) is 13.7 Å². The van der Waals surface area contributed by atoms with Crippen LogP contribution in [0.3, 0.4) is 0 Å². The van der Waals surface area contributed by atoms with Crippen molar-refractivity contribution in [3.05, 3.63) is 59.2 Å². The van der Waals surface area contributed by atoms with E-state index in [1.165, 1.54) is 50.6 Å². The van der Waals surface area contributed by atoms with Crippen LogP contribution in [0.4, 0.5) is 0 Å². The number of nitrogens with zero attached hydrogens (tertiary/aromatic N) is 1. The lowest BCUT2D eigenvalue weighted by Gasteiger charge is -2.11. The first-order valence-corrected chi connectivity index (χ1v) is 9.11. The number of methoxy groups -OCH3 is 2. The monoisotopic (exact) mass is 387 g/mol. The van der Waals surface area contributed by atoms with Crippen LogP contribution in [-0.4, -0.2) is 28.6 Å². The topological polar surface area (TPSA) is 103 Å². The number of hydrogen-bond acceptors (Lipinski definition) is 7. The fourth-order valence-corrected chi connectivity index (χ4v) is 3.07. The van der Waals surface area contributed by atoms with Crippen molar-refractivity contribution in [2.75, 3.05) is 14.2 Å². The van der Waals surface area contributed by atoms with Gasteiger partial charge in [0.2, 0.25) is 0 Å². The van der Waals surface area contributed by atoms with Crippen molar-refractivity contribution in [3.8, 4) is 17.6 Å². The van der Waals surface area contributed by atoms with Crippen LogP contribution >= 0.6 is 0 Å². The first kappa shape index (κ1) is 20.0. The van der Waals surface area contributed by atoms with Crippen LogP contribution in [0.1, 0.15) is 11.1 Å². The number of benzene rings is 2. The molecular formula is C19H17NO6S. The van der Waals surface area contributed by atoms with Crippen molar-refractivity contribution in [2.24, 2.45) is 0 Å². The van der Waals surface area contributed by atoms with Crippen LogP contribution in [-0.2, 0) is 19.6 Å². The fraction of sp³-hybridized carbons (Fsp3) is 0.158. The third-order valence-corrected chi connectivity index (χ3v) is 4.78. The van der Waals surface area contributed by atoms with Crippen LogP contribution in [0.2, 0.25) is 0 Å².